The van der Waals surface area contributed by atoms with Crippen LogP contribution >= 0.6 is 0 Å². The van der Waals surface area contributed by atoms with Crippen LogP contribution in [0.4, 0.5) is 0 Å². The van der Waals surface area contributed by atoms with E-state index >= 15 is 0 Å². The fourth-order valence-electron chi connectivity index (χ4n) is 2.17. The van der Waals surface area contributed by atoms with Crippen molar-refractivity contribution in [1.82, 2.24) is 4.98 Å². The highest BCUT2D eigenvalue weighted by molar-refractivity contribution is 5.79. The summed E-state index contributed by atoms with van der Waals surface area (Å²) in [5.74, 6) is 0.137. The molecule has 0 spiro atoms. The Balaban J connectivity index is 2.35. The lowest BCUT2D eigenvalue weighted by Gasteiger charge is -2.22. The predicted octanol–water partition coefficient (Wildman–Crippen LogP) is 0.622. The van der Waals surface area contributed by atoms with E-state index in [1.165, 1.54) is 7.11 Å². The largest absolute Gasteiger partial charge is 0.481 e. The van der Waals surface area contributed by atoms with E-state index in [1.807, 2.05) is 12.1 Å². The number of esters is 1. The van der Waals surface area contributed by atoms with Crippen molar-refractivity contribution >= 4 is 5.97 Å². The van der Waals surface area contributed by atoms with Gasteiger partial charge >= 0.3 is 5.97 Å². The van der Waals surface area contributed by atoms with Gasteiger partial charge in [-0.3, -0.25) is 4.79 Å². The highest BCUT2D eigenvalue weighted by Gasteiger charge is 2.54. The van der Waals surface area contributed by atoms with Gasteiger partial charge in [-0.15, -0.1) is 0 Å². The molecule has 1 atom stereocenters. The van der Waals surface area contributed by atoms with E-state index < -0.39 is 12.0 Å². The number of carbonyl (C=O) groups excluding carboxylic acids is 1. The number of rotatable bonds is 4. The van der Waals surface area contributed by atoms with Gasteiger partial charge < -0.3 is 15.2 Å². The lowest BCUT2D eigenvalue weighted by atomic mass is 9.89. The van der Waals surface area contributed by atoms with Crippen LogP contribution in [0.2, 0.25) is 0 Å². The SMILES string of the molecule is COC(=O)C(N)C1(c2cccnc2OC)CC1. The third-order valence-electron chi connectivity index (χ3n) is 3.34. The van der Waals surface area contributed by atoms with Gasteiger partial charge in [-0.1, -0.05) is 6.07 Å². The van der Waals surface area contributed by atoms with Gasteiger partial charge in [0, 0.05) is 17.2 Å². The van der Waals surface area contributed by atoms with Crippen LogP contribution in [0, 0.1) is 0 Å². The molecule has 0 aromatic carbocycles. The van der Waals surface area contributed by atoms with E-state index in [2.05, 4.69) is 4.98 Å². The van der Waals surface area contributed by atoms with Crippen LogP contribution in [0.25, 0.3) is 0 Å². The van der Waals surface area contributed by atoms with Crippen LogP contribution in [0.15, 0.2) is 18.3 Å². The molecule has 1 aromatic heterocycles. The number of nitrogens with two attached hydrogens (primary N) is 1. The number of hydrogen-bond acceptors (Lipinski definition) is 5. The lowest BCUT2D eigenvalue weighted by Crippen LogP contribution is -2.43. The van der Waals surface area contributed by atoms with Gasteiger partial charge in [0.25, 0.3) is 0 Å². The molecule has 1 saturated carbocycles. The lowest BCUT2D eigenvalue weighted by molar-refractivity contribution is -0.143. The molecule has 1 heterocycles. The summed E-state index contributed by atoms with van der Waals surface area (Å²) in [4.78, 5) is 15.7. The van der Waals surface area contributed by atoms with Gasteiger partial charge in [0.15, 0.2) is 0 Å². The minimum absolute atomic E-state index is 0.368. The first kappa shape index (κ1) is 11.9. The molecule has 1 aliphatic carbocycles. The average Bonchev–Trinajstić information content (AvgIpc) is 3.18. The number of pyridine rings is 1. The molecular formula is C12H16N2O3. The second kappa shape index (κ2) is 4.33. The Morgan fingerprint density at radius 1 is 1.53 bits per heavy atom. The van der Waals surface area contributed by atoms with Crippen molar-refractivity contribution in [3.63, 3.8) is 0 Å². The van der Waals surface area contributed by atoms with E-state index in [4.69, 9.17) is 15.2 Å². The maximum atomic E-state index is 11.6. The molecule has 1 unspecified atom stereocenters. The molecule has 2 rings (SSSR count). The maximum absolute atomic E-state index is 11.6. The fourth-order valence-corrected chi connectivity index (χ4v) is 2.17. The number of hydrogen-bond donors (Lipinski definition) is 1. The molecule has 0 bridgehead atoms. The second-order valence-electron chi connectivity index (χ2n) is 4.22. The van der Waals surface area contributed by atoms with Gasteiger partial charge in [-0.25, -0.2) is 4.98 Å². The average molecular weight is 236 g/mol. The Labute approximate surface area is 99.9 Å². The van der Waals surface area contributed by atoms with Crippen molar-refractivity contribution in [3.05, 3.63) is 23.9 Å². The summed E-state index contributed by atoms with van der Waals surface area (Å²) >= 11 is 0. The Hall–Kier alpha value is -1.62. The smallest absolute Gasteiger partial charge is 0.323 e. The highest BCUT2D eigenvalue weighted by atomic mass is 16.5. The molecule has 0 amide bonds. The predicted molar refractivity (Wildman–Crippen MR) is 61.7 cm³/mol. The first-order chi connectivity index (χ1) is 8.15. The van der Waals surface area contributed by atoms with Crippen LogP contribution < -0.4 is 10.5 Å². The molecule has 2 N–H and O–H groups in total. The zero-order valence-corrected chi connectivity index (χ0v) is 9.97. The molecule has 1 fully saturated rings. The Kier molecular flexibility index (Phi) is 3.02. The van der Waals surface area contributed by atoms with E-state index in [9.17, 15) is 4.79 Å². The standard InChI is InChI=1S/C12H16N2O3/c1-16-10-8(4-3-7-14-10)12(5-6-12)9(13)11(15)17-2/h3-4,7,9H,5-6,13H2,1-2H3. The van der Waals surface area contributed by atoms with Crippen molar-refractivity contribution in [1.29, 1.82) is 0 Å². The molecule has 0 saturated heterocycles. The van der Waals surface area contributed by atoms with Gasteiger partial charge in [-0.05, 0) is 18.9 Å². The van der Waals surface area contributed by atoms with Gasteiger partial charge in [0.05, 0.1) is 14.2 Å². The Morgan fingerprint density at radius 3 is 2.76 bits per heavy atom. The van der Waals surface area contributed by atoms with Crippen LogP contribution in [-0.2, 0) is 14.9 Å². The summed E-state index contributed by atoms with van der Waals surface area (Å²) < 4.78 is 9.92. The fraction of sp³-hybridized carbons (Fsp3) is 0.500. The van der Waals surface area contributed by atoms with Crippen molar-refractivity contribution in [2.24, 2.45) is 5.73 Å². The molecule has 5 heteroatoms. The maximum Gasteiger partial charge on any atom is 0.323 e. The zero-order valence-electron chi connectivity index (χ0n) is 9.97. The Morgan fingerprint density at radius 2 is 2.24 bits per heavy atom. The van der Waals surface area contributed by atoms with Crippen molar-refractivity contribution < 1.29 is 14.3 Å². The van der Waals surface area contributed by atoms with Crippen molar-refractivity contribution in [2.45, 2.75) is 24.3 Å². The molecule has 92 valence electrons. The molecule has 1 aromatic rings. The molecule has 5 nitrogen and oxygen atoms in total. The number of ether oxygens (including phenoxy) is 2. The minimum atomic E-state index is -0.661. The van der Waals surface area contributed by atoms with E-state index in [0.29, 0.717) is 5.88 Å². The number of methoxy groups -OCH3 is 2. The summed E-state index contributed by atoms with van der Waals surface area (Å²) in [6.07, 6.45) is 3.36. The highest BCUT2D eigenvalue weighted by Crippen LogP contribution is 2.52. The number of nitrogens with zero attached hydrogens (tertiary/aromatic N) is 1. The van der Waals surface area contributed by atoms with E-state index in [-0.39, 0.29) is 5.41 Å². The Bertz CT molecular complexity index is 430. The van der Waals surface area contributed by atoms with E-state index in [0.717, 1.165) is 18.4 Å². The third kappa shape index (κ3) is 1.86. The van der Waals surface area contributed by atoms with Crippen LogP contribution in [0.5, 0.6) is 5.88 Å². The number of aromatic nitrogens is 1. The first-order valence-corrected chi connectivity index (χ1v) is 5.48. The molecule has 1 aliphatic rings. The summed E-state index contributed by atoms with van der Waals surface area (Å²) in [6, 6.07) is 3.06. The molecule has 17 heavy (non-hydrogen) atoms. The monoisotopic (exact) mass is 236 g/mol. The summed E-state index contributed by atoms with van der Waals surface area (Å²) in [7, 11) is 2.91. The molecule has 0 aliphatic heterocycles. The summed E-state index contributed by atoms with van der Waals surface area (Å²) in [6.45, 7) is 0. The van der Waals surface area contributed by atoms with Gasteiger partial charge in [0.2, 0.25) is 5.88 Å². The van der Waals surface area contributed by atoms with Crippen molar-refractivity contribution in [2.75, 3.05) is 14.2 Å². The van der Waals surface area contributed by atoms with Crippen LogP contribution in [0.1, 0.15) is 18.4 Å². The van der Waals surface area contributed by atoms with Gasteiger partial charge in [0.1, 0.15) is 6.04 Å². The first-order valence-electron chi connectivity index (χ1n) is 5.48. The summed E-state index contributed by atoms with van der Waals surface area (Å²) in [5.41, 5.74) is 6.49. The molecular weight excluding hydrogens is 220 g/mol. The number of carbonyl (C=O) groups is 1. The third-order valence-corrected chi connectivity index (χ3v) is 3.34. The minimum Gasteiger partial charge on any atom is -0.481 e. The zero-order chi connectivity index (χ0) is 12.5. The van der Waals surface area contributed by atoms with Crippen molar-refractivity contribution in [3.8, 4) is 5.88 Å². The van der Waals surface area contributed by atoms with Crippen LogP contribution in [0.3, 0.4) is 0 Å². The topological polar surface area (TPSA) is 74.4 Å². The van der Waals surface area contributed by atoms with Crippen LogP contribution in [-0.4, -0.2) is 31.2 Å². The quantitative estimate of drug-likeness (QED) is 0.776. The summed E-state index contributed by atoms with van der Waals surface area (Å²) in [5, 5.41) is 0. The van der Waals surface area contributed by atoms with E-state index in [1.54, 1.807) is 13.3 Å². The molecule has 0 radical (unpaired) electrons. The normalized spacial score (nSPS) is 18.3. The second-order valence-corrected chi connectivity index (χ2v) is 4.22. The van der Waals surface area contributed by atoms with Gasteiger partial charge in [-0.2, -0.15) is 0 Å².